The molecule has 4 heteroatoms. The first-order chi connectivity index (χ1) is 8.79. The molecule has 1 N–H and O–H groups in total. The van der Waals surface area contributed by atoms with Crippen molar-refractivity contribution >= 4 is 5.78 Å². The van der Waals surface area contributed by atoms with Gasteiger partial charge in [-0.3, -0.25) is 9.69 Å². The number of hydrogen-bond acceptors (Lipinski definition) is 4. The highest BCUT2D eigenvalue weighted by molar-refractivity contribution is 5.97. The van der Waals surface area contributed by atoms with Crippen LogP contribution in [0.2, 0.25) is 0 Å². The van der Waals surface area contributed by atoms with Crippen molar-refractivity contribution in [3.05, 3.63) is 35.4 Å². The number of rotatable bonds is 3. The molecule has 1 aromatic rings. The molecule has 0 aromatic heterocycles. The van der Waals surface area contributed by atoms with E-state index >= 15 is 0 Å². The van der Waals surface area contributed by atoms with Crippen molar-refractivity contribution in [1.82, 2.24) is 10.2 Å². The summed E-state index contributed by atoms with van der Waals surface area (Å²) in [6.07, 6.45) is 1.08. The highest BCUT2D eigenvalue weighted by Gasteiger charge is 2.13. The average molecular weight is 243 g/mol. The molecule has 94 valence electrons. The molecule has 1 aliphatic heterocycles. The number of nitrogens with zero attached hydrogens (tertiary/aromatic N) is 2. The lowest BCUT2D eigenvalue weighted by Gasteiger charge is -2.18. The van der Waals surface area contributed by atoms with Crippen LogP contribution < -0.4 is 5.32 Å². The lowest BCUT2D eigenvalue weighted by molar-refractivity contribution is 0.0935. The maximum absolute atomic E-state index is 12.1. The number of carbonyl (C=O) groups excluding carboxylic acids is 1. The Morgan fingerprint density at radius 3 is 2.78 bits per heavy atom. The molecule has 1 saturated heterocycles. The minimum Gasteiger partial charge on any atom is -0.315 e. The molecule has 0 spiro atoms. The highest BCUT2D eigenvalue weighted by Crippen LogP contribution is 2.06. The minimum absolute atomic E-state index is 0.126. The zero-order valence-corrected chi connectivity index (χ0v) is 10.4. The molecule has 0 saturated carbocycles. The fourth-order valence-corrected chi connectivity index (χ4v) is 2.08. The molecule has 2 rings (SSSR count). The highest BCUT2D eigenvalue weighted by atomic mass is 16.1. The van der Waals surface area contributed by atoms with E-state index in [1.54, 1.807) is 24.3 Å². The smallest absolute Gasteiger partial charge is 0.176 e. The Labute approximate surface area is 107 Å². The summed E-state index contributed by atoms with van der Waals surface area (Å²) in [7, 11) is 0. The summed E-state index contributed by atoms with van der Waals surface area (Å²) in [4.78, 5) is 14.3. The number of carbonyl (C=O) groups is 1. The molecule has 0 atom stereocenters. The standard InChI is InChI=1S/C14H17N3O/c15-10-12-2-4-13(5-3-12)14(18)11-17-8-1-6-16-7-9-17/h2-5,16H,1,6-9,11H2. The van der Waals surface area contributed by atoms with E-state index in [1.165, 1.54) is 0 Å². The van der Waals surface area contributed by atoms with Gasteiger partial charge in [-0.1, -0.05) is 12.1 Å². The summed E-state index contributed by atoms with van der Waals surface area (Å²) in [5, 5.41) is 12.0. The van der Waals surface area contributed by atoms with Gasteiger partial charge in [-0.25, -0.2) is 0 Å². The molecule has 0 bridgehead atoms. The Bertz CT molecular complexity index is 439. The molecule has 0 amide bonds. The van der Waals surface area contributed by atoms with Crippen LogP contribution in [-0.4, -0.2) is 43.4 Å². The van der Waals surface area contributed by atoms with Gasteiger partial charge in [0.15, 0.2) is 5.78 Å². The number of nitriles is 1. The Morgan fingerprint density at radius 1 is 1.28 bits per heavy atom. The second-order valence-corrected chi connectivity index (χ2v) is 4.49. The molecule has 1 heterocycles. The topological polar surface area (TPSA) is 56.1 Å². The van der Waals surface area contributed by atoms with E-state index in [1.807, 2.05) is 0 Å². The Kier molecular flexibility index (Phi) is 4.46. The first-order valence-corrected chi connectivity index (χ1v) is 6.26. The number of benzene rings is 1. The van der Waals surface area contributed by atoms with Crippen LogP contribution in [0.1, 0.15) is 22.3 Å². The van der Waals surface area contributed by atoms with Crippen molar-refractivity contribution in [3.8, 4) is 6.07 Å². The van der Waals surface area contributed by atoms with Gasteiger partial charge < -0.3 is 5.32 Å². The third-order valence-electron chi connectivity index (χ3n) is 3.14. The molecule has 0 aliphatic carbocycles. The van der Waals surface area contributed by atoms with Crippen LogP contribution >= 0.6 is 0 Å². The molecular formula is C14H17N3O. The second-order valence-electron chi connectivity index (χ2n) is 4.49. The van der Waals surface area contributed by atoms with Crippen molar-refractivity contribution < 1.29 is 4.79 Å². The van der Waals surface area contributed by atoms with Crippen LogP contribution in [0.3, 0.4) is 0 Å². The number of ketones is 1. The zero-order chi connectivity index (χ0) is 12.8. The Morgan fingerprint density at radius 2 is 2.06 bits per heavy atom. The van der Waals surface area contributed by atoms with E-state index in [0.717, 1.165) is 32.6 Å². The SMILES string of the molecule is N#Cc1ccc(C(=O)CN2CCCNCC2)cc1. The van der Waals surface area contributed by atoms with Crippen molar-refractivity contribution in [2.24, 2.45) is 0 Å². The van der Waals surface area contributed by atoms with E-state index in [9.17, 15) is 4.79 Å². The summed E-state index contributed by atoms with van der Waals surface area (Å²) in [5.41, 5.74) is 1.27. The van der Waals surface area contributed by atoms with Crippen LogP contribution in [0.25, 0.3) is 0 Å². The summed E-state index contributed by atoms with van der Waals surface area (Å²) in [5.74, 6) is 0.126. The van der Waals surface area contributed by atoms with Crippen LogP contribution in [-0.2, 0) is 0 Å². The molecular weight excluding hydrogens is 226 g/mol. The van der Waals surface area contributed by atoms with E-state index in [0.29, 0.717) is 17.7 Å². The first kappa shape index (κ1) is 12.7. The van der Waals surface area contributed by atoms with E-state index in [2.05, 4.69) is 16.3 Å². The average Bonchev–Trinajstić information content (AvgIpc) is 2.67. The van der Waals surface area contributed by atoms with Crippen molar-refractivity contribution in [1.29, 1.82) is 5.26 Å². The Hall–Kier alpha value is -1.70. The number of nitrogens with one attached hydrogen (secondary N) is 1. The quantitative estimate of drug-likeness (QED) is 0.806. The van der Waals surface area contributed by atoms with Crippen LogP contribution in [0.4, 0.5) is 0 Å². The number of Topliss-reactive ketones (excluding diaryl/α,β-unsaturated/α-hetero) is 1. The van der Waals surface area contributed by atoms with E-state index < -0.39 is 0 Å². The van der Waals surface area contributed by atoms with E-state index in [4.69, 9.17) is 5.26 Å². The summed E-state index contributed by atoms with van der Waals surface area (Å²) in [6.45, 7) is 4.33. The first-order valence-electron chi connectivity index (χ1n) is 6.26. The van der Waals surface area contributed by atoms with Crippen LogP contribution in [0.15, 0.2) is 24.3 Å². The maximum Gasteiger partial charge on any atom is 0.176 e. The third-order valence-corrected chi connectivity index (χ3v) is 3.14. The van der Waals surface area contributed by atoms with Gasteiger partial charge in [0.1, 0.15) is 0 Å². The normalized spacial score (nSPS) is 16.8. The van der Waals surface area contributed by atoms with Crippen molar-refractivity contribution in [2.45, 2.75) is 6.42 Å². The third kappa shape index (κ3) is 3.39. The molecule has 4 nitrogen and oxygen atoms in total. The molecule has 0 radical (unpaired) electrons. The van der Waals surface area contributed by atoms with Crippen LogP contribution in [0, 0.1) is 11.3 Å². The molecule has 1 aromatic carbocycles. The lowest BCUT2D eigenvalue weighted by Crippen LogP contribution is -2.33. The summed E-state index contributed by atoms with van der Waals surface area (Å²) < 4.78 is 0. The fourth-order valence-electron chi connectivity index (χ4n) is 2.08. The minimum atomic E-state index is 0.126. The molecule has 1 fully saturated rings. The largest absolute Gasteiger partial charge is 0.315 e. The van der Waals surface area contributed by atoms with Gasteiger partial charge in [-0.05, 0) is 31.6 Å². The maximum atomic E-state index is 12.1. The molecule has 0 unspecified atom stereocenters. The predicted octanol–water partition coefficient (Wildman–Crippen LogP) is 1.04. The van der Waals surface area contributed by atoms with Crippen molar-refractivity contribution in [3.63, 3.8) is 0 Å². The van der Waals surface area contributed by atoms with Gasteiger partial charge in [-0.15, -0.1) is 0 Å². The van der Waals surface area contributed by atoms with Gasteiger partial charge in [0.05, 0.1) is 18.2 Å². The molecule has 1 aliphatic rings. The van der Waals surface area contributed by atoms with Crippen LogP contribution in [0.5, 0.6) is 0 Å². The van der Waals surface area contributed by atoms with Gasteiger partial charge in [-0.2, -0.15) is 5.26 Å². The van der Waals surface area contributed by atoms with Gasteiger partial charge in [0.2, 0.25) is 0 Å². The summed E-state index contributed by atoms with van der Waals surface area (Å²) in [6, 6.07) is 8.90. The molecule has 18 heavy (non-hydrogen) atoms. The van der Waals surface area contributed by atoms with Gasteiger partial charge in [0, 0.05) is 18.7 Å². The van der Waals surface area contributed by atoms with Gasteiger partial charge >= 0.3 is 0 Å². The zero-order valence-electron chi connectivity index (χ0n) is 10.4. The fraction of sp³-hybridized carbons (Fsp3) is 0.429. The van der Waals surface area contributed by atoms with Gasteiger partial charge in [0.25, 0.3) is 0 Å². The van der Waals surface area contributed by atoms with Crippen molar-refractivity contribution in [2.75, 3.05) is 32.7 Å². The Balaban J connectivity index is 1.95. The lowest BCUT2D eigenvalue weighted by atomic mass is 10.1. The van der Waals surface area contributed by atoms with E-state index in [-0.39, 0.29) is 5.78 Å². The summed E-state index contributed by atoms with van der Waals surface area (Å²) >= 11 is 0. The monoisotopic (exact) mass is 243 g/mol. The number of hydrogen-bond donors (Lipinski definition) is 1. The second kappa shape index (κ2) is 6.29. The predicted molar refractivity (Wildman–Crippen MR) is 69.4 cm³/mol.